The summed E-state index contributed by atoms with van der Waals surface area (Å²) >= 11 is 4.89. The summed E-state index contributed by atoms with van der Waals surface area (Å²) in [5.74, 6) is 0. The Morgan fingerprint density at radius 3 is 3.17 bits per heavy atom. The molecule has 2 aromatic rings. The average molecular weight is 182 g/mol. The Morgan fingerprint density at radius 1 is 1.67 bits per heavy atom. The second-order valence-electron chi connectivity index (χ2n) is 2.37. The monoisotopic (exact) mass is 182 g/mol. The molecule has 2 N–H and O–H groups in total. The van der Waals surface area contributed by atoms with Crippen LogP contribution in [-0.2, 0) is 7.05 Å². The fourth-order valence-corrected chi connectivity index (χ4v) is 1.20. The number of rotatable bonds is 0. The SMILES string of the molecule is Cn1cnc2c(=S)oc(N)nc21. The molecular formula is C6H6N4OS. The van der Waals surface area contributed by atoms with Crippen LogP contribution in [0.5, 0.6) is 0 Å². The number of fused-ring (bicyclic) bond motifs is 1. The minimum Gasteiger partial charge on any atom is -0.412 e. The molecule has 0 saturated carbocycles. The van der Waals surface area contributed by atoms with Crippen LogP contribution in [0.4, 0.5) is 6.01 Å². The van der Waals surface area contributed by atoms with Crippen LogP contribution in [-0.4, -0.2) is 14.5 Å². The van der Waals surface area contributed by atoms with Gasteiger partial charge in [0.05, 0.1) is 6.33 Å². The van der Waals surface area contributed by atoms with E-state index >= 15 is 0 Å². The smallest absolute Gasteiger partial charge is 0.295 e. The minimum atomic E-state index is 0.0658. The van der Waals surface area contributed by atoms with Crippen LogP contribution in [0.1, 0.15) is 0 Å². The molecular weight excluding hydrogens is 176 g/mol. The number of anilines is 1. The van der Waals surface area contributed by atoms with E-state index in [1.807, 2.05) is 7.05 Å². The van der Waals surface area contributed by atoms with Gasteiger partial charge >= 0.3 is 0 Å². The van der Waals surface area contributed by atoms with Crippen LogP contribution in [0.2, 0.25) is 0 Å². The van der Waals surface area contributed by atoms with Crippen LogP contribution in [0.3, 0.4) is 0 Å². The summed E-state index contributed by atoms with van der Waals surface area (Å²) in [6, 6.07) is 0.0658. The lowest BCUT2D eigenvalue weighted by Gasteiger charge is -1.93. The maximum absolute atomic E-state index is 5.37. The van der Waals surface area contributed by atoms with Gasteiger partial charge in [0.2, 0.25) is 4.71 Å². The number of aryl methyl sites for hydroxylation is 1. The molecule has 62 valence electrons. The third-order valence-electron chi connectivity index (χ3n) is 1.51. The van der Waals surface area contributed by atoms with Gasteiger partial charge in [0.15, 0.2) is 11.2 Å². The van der Waals surface area contributed by atoms with Crippen molar-refractivity contribution in [1.82, 2.24) is 14.5 Å². The van der Waals surface area contributed by atoms with Crippen molar-refractivity contribution >= 4 is 29.4 Å². The third kappa shape index (κ3) is 0.884. The molecule has 0 fully saturated rings. The van der Waals surface area contributed by atoms with Gasteiger partial charge in [-0.05, 0) is 12.2 Å². The van der Waals surface area contributed by atoms with Crippen LogP contribution in [0.25, 0.3) is 11.2 Å². The van der Waals surface area contributed by atoms with Gasteiger partial charge in [-0.1, -0.05) is 0 Å². The Hall–Kier alpha value is -1.43. The summed E-state index contributed by atoms with van der Waals surface area (Å²) in [5, 5.41) is 0. The Labute approximate surface area is 72.8 Å². The molecule has 0 bridgehead atoms. The number of nitrogens with zero attached hydrogens (tertiary/aromatic N) is 3. The first-order valence-electron chi connectivity index (χ1n) is 3.26. The van der Waals surface area contributed by atoms with E-state index in [4.69, 9.17) is 22.4 Å². The van der Waals surface area contributed by atoms with Crippen molar-refractivity contribution in [2.45, 2.75) is 0 Å². The number of nitrogens with two attached hydrogens (primary N) is 1. The van der Waals surface area contributed by atoms with Gasteiger partial charge in [0, 0.05) is 7.05 Å². The van der Waals surface area contributed by atoms with Crippen molar-refractivity contribution in [2.75, 3.05) is 5.73 Å². The van der Waals surface area contributed by atoms with Gasteiger partial charge in [0.25, 0.3) is 6.01 Å². The summed E-state index contributed by atoms with van der Waals surface area (Å²) in [6.07, 6.45) is 1.61. The Kier molecular flexibility index (Phi) is 1.37. The highest BCUT2D eigenvalue weighted by atomic mass is 32.1. The first kappa shape index (κ1) is 7.23. The van der Waals surface area contributed by atoms with E-state index in [0.29, 0.717) is 11.2 Å². The highest BCUT2D eigenvalue weighted by Gasteiger charge is 2.05. The molecule has 0 atom stereocenters. The van der Waals surface area contributed by atoms with Crippen molar-refractivity contribution in [1.29, 1.82) is 0 Å². The predicted molar refractivity (Wildman–Crippen MR) is 46.0 cm³/mol. The molecule has 12 heavy (non-hydrogen) atoms. The lowest BCUT2D eigenvalue weighted by atomic mass is 10.6. The molecule has 0 aromatic carbocycles. The highest BCUT2D eigenvalue weighted by Crippen LogP contribution is 2.12. The van der Waals surface area contributed by atoms with E-state index in [1.165, 1.54) is 0 Å². The van der Waals surface area contributed by atoms with Crippen LogP contribution in [0, 0.1) is 4.71 Å². The molecule has 6 heteroatoms. The number of aromatic nitrogens is 3. The maximum Gasteiger partial charge on any atom is 0.295 e. The molecule has 0 unspecified atom stereocenters. The van der Waals surface area contributed by atoms with Crippen molar-refractivity contribution in [3.63, 3.8) is 0 Å². The topological polar surface area (TPSA) is 69.9 Å². The average Bonchev–Trinajstić information content (AvgIpc) is 2.33. The van der Waals surface area contributed by atoms with Crippen molar-refractivity contribution in [3.8, 4) is 0 Å². The molecule has 0 aliphatic rings. The molecule has 0 spiro atoms. The quantitative estimate of drug-likeness (QED) is 0.612. The van der Waals surface area contributed by atoms with Gasteiger partial charge in [0.1, 0.15) is 0 Å². The van der Waals surface area contributed by atoms with Crippen molar-refractivity contribution in [2.24, 2.45) is 7.05 Å². The minimum absolute atomic E-state index is 0.0658. The zero-order chi connectivity index (χ0) is 8.72. The molecule has 0 radical (unpaired) electrons. The van der Waals surface area contributed by atoms with Gasteiger partial charge < -0.3 is 14.7 Å². The molecule has 5 nitrogen and oxygen atoms in total. The Balaban J connectivity index is 3.03. The van der Waals surface area contributed by atoms with E-state index < -0.39 is 0 Å². The van der Waals surface area contributed by atoms with Gasteiger partial charge in [-0.2, -0.15) is 4.98 Å². The first-order chi connectivity index (χ1) is 5.68. The van der Waals surface area contributed by atoms with Crippen LogP contribution in [0.15, 0.2) is 10.7 Å². The number of imidazole rings is 1. The molecule has 0 amide bonds. The standard InChI is InChI=1S/C6H6N4OS/c1-10-2-8-3-4(10)9-6(7)11-5(3)12/h2H,1H3,(H2,7,9). The number of nitrogen functional groups attached to an aromatic ring is 1. The van der Waals surface area contributed by atoms with Crippen LogP contribution < -0.4 is 5.73 Å². The highest BCUT2D eigenvalue weighted by molar-refractivity contribution is 7.71. The normalized spacial score (nSPS) is 10.8. The number of hydrogen-bond donors (Lipinski definition) is 1. The van der Waals surface area contributed by atoms with Crippen LogP contribution >= 0.6 is 12.2 Å². The van der Waals surface area contributed by atoms with Gasteiger partial charge in [-0.15, -0.1) is 0 Å². The van der Waals surface area contributed by atoms with E-state index in [-0.39, 0.29) is 10.7 Å². The van der Waals surface area contributed by atoms with Gasteiger partial charge in [-0.25, -0.2) is 4.98 Å². The van der Waals surface area contributed by atoms with Crippen molar-refractivity contribution in [3.05, 3.63) is 11.0 Å². The molecule has 0 aliphatic heterocycles. The maximum atomic E-state index is 5.37. The van der Waals surface area contributed by atoms with Crippen molar-refractivity contribution < 1.29 is 4.42 Å². The zero-order valence-electron chi connectivity index (χ0n) is 6.31. The lowest BCUT2D eigenvalue weighted by Crippen LogP contribution is -1.93. The summed E-state index contributed by atoms with van der Waals surface area (Å²) in [6.45, 7) is 0. The molecule has 2 heterocycles. The molecule has 0 saturated heterocycles. The molecule has 2 aromatic heterocycles. The summed E-state index contributed by atoms with van der Waals surface area (Å²) in [7, 11) is 1.82. The lowest BCUT2D eigenvalue weighted by molar-refractivity contribution is 0.544. The fraction of sp³-hybridized carbons (Fsp3) is 0.167. The second-order valence-corrected chi connectivity index (χ2v) is 2.74. The van der Waals surface area contributed by atoms with E-state index in [0.717, 1.165) is 0 Å². The third-order valence-corrected chi connectivity index (χ3v) is 1.79. The Morgan fingerprint density at radius 2 is 2.42 bits per heavy atom. The Bertz CT molecular complexity index is 486. The zero-order valence-corrected chi connectivity index (χ0v) is 7.13. The fourth-order valence-electron chi connectivity index (χ4n) is 0.970. The predicted octanol–water partition coefficient (Wildman–Crippen LogP) is 0.873. The van der Waals surface area contributed by atoms with Gasteiger partial charge in [-0.3, -0.25) is 0 Å². The van der Waals surface area contributed by atoms with E-state index in [1.54, 1.807) is 10.9 Å². The largest absolute Gasteiger partial charge is 0.412 e. The number of hydrogen-bond acceptors (Lipinski definition) is 5. The first-order valence-corrected chi connectivity index (χ1v) is 3.67. The second kappa shape index (κ2) is 2.28. The van der Waals surface area contributed by atoms with E-state index in [2.05, 4.69) is 9.97 Å². The molecule has 2 rings (SSSR count). The summed E-state index contributed by atoms with van der Waals surface area (Å²) < 4.78 is 6.92. The van der Waals surface area contributed by atoms with E-state index in [9.17, 15) is 0 Å². The summed E-state index contributed by atoms with van der Waals surface area (Å²) in [5.41, 5.74) is 6.58. The molecule has 0 aliphatic carbocycles. The summed E-state index contributed by atoms with van der Waals surface area (Å²) in [4.78, 5) is 7.95.